The van der Waals surface area contributed by atoms with Gasteiger partial charge in [0.2, 0.25) is 0 Å². The van der Waals surface area contributed by atoms with Gasteiger partial charge in [0.05, 0.1) is 0 Å². The third kappa shape index (κ3) is 3.79. The minimum atomic E-state index is -0.996. The summed E-state index contributed by atoms with van der Waals surface area (Å²) in [6.07, 6.45) is 1.74. The van der Waals surface area contributed by atoms with Crippen LogP contribution < -0.4 is 9.64 Å². The van der Waals surface area contributed by atoms with E-state index in [0.717, 1.165) is 18.0 Å². The summed E-state index contributed by atoms with van der Waals surface area (Å²) in [5.41, 5.74) is 0. The molecule has 0 saturated carbocycles. The van der Waals surface area contributed by atoms with Crippen molar-refractivity contribution in [3.63, 3.8) is 0 Å². The number of hydrogen-bond acceptors (Lipinski definition) is 4. The Hall–Kier alpha value is -2.70. The van der Waals surface area contributed by atoms with Crippen LogP contribution in [0.25, 0.3) is 0 Å². The van der Waals surface area contributed by atoms with Gasteiger partial charge in [-0.05, 0) is 24.3 Å². The van der Waals surface area contributed by atoms with Gasteiger partial charge in [0.25, 0.3) is 5.91 Å². The van der Waals surface area contributed by atoms with Gasteiger partial charge in [0.15, 0.2) is 18.2 Å². The van der Waals surface area contributed by atoms with E-state index in [4.69, 9.17) is 4.74 Å². The minimum Gasteiger partial charge on any atom is -0.484 e. The first-order chi connectivity index (χ1) is 11.6. The number of benzene rings is 1. The molecule has 3 rings (SSSR count). The molecule has 0 aliphatic carbocycles. The van der Waals surface area contributed by atoms with E-state index >= 15 is 0 Å². The number of halogens is 2. The van der Waals surface area contributed by atoms with Crippen molar-refractivity contribution in [2.45, 2.75) is 0 Å². The van der Waals surface area contributed by atoms with E-state index in [-0.39, 0.29) is 18.3 Å². The van der Waals surface area contributed by atoms with Crippen molar-refractivity contribution in [1.82, 2.24) is 9.88 Å². The third-order valence-electron chi connectivity index (χ3n) is 3.86. The topological polar surface area (TPSA) is 45.7 Å². The first kappa shape index (κ1) is 16.2. The summed E-state index contributed by atoms with van der Waals surface area (Å²) < 4.78 is 31.2. The van der Waals surface area contributed by atoms with Gasteiger partial charge in [-0.2, -0.15) is 0 Å². The van der Waals surface area contributed by atoms with Gasteiger partial charge in [-0.3, -0.25) is 4.79 Å². The van der Waals surface area contributed by atoms with Crippen LogP contribution in [0.3, 0.4) is 0 Å². The van der Waals surface area contributed by atoms with E-state index in [1.54, 1.807) is 11.1 Å². The van der Waals surface area contributed by atoms with Crippen LogP contribution in [0.2, 0.25) is 0 Å². The molecule has 0 bridgehead atoms. The highest BCUT2D eigenvalue weighted by atomic mass is 19.2. The first-order valence-electron chi connectivity index (χ1n) is 7.65. The number of pyridine rings is 1. The van der Waals surface area contributed by atoms with E-state index in [2.05, 4.69) is 9.88 Å². The van der Waals surface area contributed by atoms with Crippen LogP contribution in [-0.4, -0.2) is 48.6 Å². The fraction of sp³-hybridized carbons (Fsp3) is 0.294. The zero-order valence-electron chi connectivity index (χ0n) is 13.0. The molecule has 0 unspecified atom stereocenters. The Morgan fingerprint density at radius 1 is 1.08 bits per heavy atom. The Morgan fingerprint density at radius 2 is 1.88 bits per heavy atom. The highest BCUT2D eigenvalue weighted by molar-refractivity contribution is 5.78. The van der Waals surface area contributed by atoms with Crippen molar-refractivity contribution in [1.29, 1.82) is 0 Å². The Balaban J connectivity index is 1.49. The molecule has 1 aromatic carbocycles. The number of piperazine rings is 1. The lowest BCUT2D eigenvalue weighted by Crippen LogP contribution is -2.50. The molecule has 1 aromatic heterocycles. The van der Waals surface area contributed by atoms with Crippen molar-refractivity contribution < 1.29 is 18.3 Å². The molecule has 0 radical (unpaired) electrons. The lowest BCUT2D eigenvalue weighted by molar-refractivity contribution is -0.133. The van der Waals surface area contributed by atoms with Gasteiger partial charge in [-0.1, -0.05) is 6.07 Å². The summed E-state index contributed by atoms with van der Waals surface area (Å²) in [7, 11) is 0. The average molecular weight is 333 g/mol. The van der Waals surface area contributed by atoms with Crippen molar-refractivity contribution in [3.05, 3.63) is 54.2 Å². The number of carbonyl (C=O) groups excluding carboxylic acids is 1. The van der Waals surface area contributed by atoms with Gasteiger partial charge in [-0.25, -0.2) is 13.8 Å². The lowest BCUT2D eigenvalue weighted by Gasteiger charge is -2.35. The maximum atomic E-state index is 13.1. The fourth-order valence-electron chi connectivity index (χ4n) is 2.53. The molecule has 24 heavy (non-hydrogen) atoms. The SMILES string of the molecule is O=C(COc1ccc(F)c(F)c1)N1CCN(c2ccccn2)CC1. The molecule has 2 heterocycles. The first-order valence-corrected chi connectivity index (χ1v) is 7.65. The summed E-state index contributed by atoms with van der Waals surface area (Å²) in [5, 5.41) is 0. The van der Waals surface area contributed by atoms with Crippen molar-refractivity contribution in [3.8, 4) is 5.75 Å². The van der Waals surface area contributed by atoms with Crippen LogP contribution >= 0.6 is 0 Å². The molecule has 1 aliphatic heterocycles. The predicted molar refractivity (Wildman–Crippen MR) is 84.9 cm³/mol. The van der Waals surface area contributed by atoms with Gasteiger partial charge < -0.3 is 14.5 Å². The number of carbonyl (C=O) groups is 1. The fourth-order valence-corrected chi connectivity index (χ4v) is 2.53. The largest absolute Gasteiger partial charge is 0.484 e. The Kier molecular flexibility index (Phi) is 4.88. The molecule has 1 saturated heterocycles. The van der Waals surface area contributed by atoms with Crippen LogP contribution in [0.5, 0.6) is 5.75 Å². The lowest BCUT2D eigenvalue weighted by atomic mass is 10.3. The highest BCUT2D eigenvalue weighted by Crippen LogP contribution is 2.16. The van der Waals surface area contributed by atoms with Gasteiger partial charge in [0.1, 0.15) is 11.6 Å². The smallest absolute Gasteiger partial charge is 0.260 e. The van der Waals surface area contributed by atoms with E-state index in [9.17, 15) is 13.6 Å². The van der Waals surface area contributed by atoms with E-state index in [0.29, 0.717) is 26.2 Å². The van der Waals surface area contributed by atoms with Crippen LogP contribution in [0, 0.1) is 11.6 Å². The summed E-state index contributed by atoms with van der Waals surface area (Å²) in [6.45, 7) is 2.31. The quantitative estimate of drug-likeness (QED) is 0.859. The van der Waals surface area contributed by atoms with Crippen LogP contribution in [0.15, 0.2) is 42.6 Å². The average Bonchev–Trinajstić information content (AvgIpc) is 2.63. The molecule has 1 amide bonds. The van der Waals surface area contributed by atoms with Crippen LogP contribution in [-0.2, 0) is 4.79 Å². The number of hydrogen-bond donors (Lipinski definition) is 0. The molecular formula is C17H17F2N3O2. The Morgan fingerprint density at radius 3 is 2.54 bits per heavy atom. The Labute approximate surface area is 138 Å². The zero-order chi connectivity index (χ0) is 16.9. The molecule has 0 atom stereocenters. The third-order valence-corrected chi connectivity index (χ3v) is 3.86. The number of nitrogens with zero attached hydrogens (tertiary/aromatic N) is 3. The molecule has 1 aliphatic rings. The normalized spacial score (nSPS) is 14.6. The maximum Gasteiger partial charge on any atom is 0.260 e. The van der Waals surface area contributed by atoms with E-state index in [1.807, 2.05) is 18.2 Å². The molecule has 1 fully saturated rings. The van der Waals surface area contributed by atoms with Crippen molar-refractivity contribution in [2.75, 3.05) is 37.7 Å². The molecule has 5 nitrogen and oxygen atoms in total. The molecule has 0 spiro atoms. The zero-order valence-corrected chi connectivity index (χ0v) is 13.0. The molecular weight excluding hydrogens is 316 g/mol. The van der Waals surface area contributed by atoms with Gasteiger partial charge in [0, 0.05) is 38.4 Å². The standard InChI is InChI=1S/C17H17F2N3O2/c18-14-5-4-13(11-15(14)19)24-12-17(23)22-9-7-21(8-10-22)16-3-1-2-6-20-16/h1-6,11H,7-10,12H2. The summed E-state index contributed by atoms with van der Waals surface area (Å²) in [4.78, 5) is 20.3. The minimum absolute atomic E-state index is 0.134. The van der Waals surface area contributed by atoms with E-state index < -0.39 is 11.6 Å². The van der Waals surface area contributed by atoms with E-state index in [1.165, 1.54) is 6.07 Å². The second-order valence-corrected chi connectivity index (χ2v) is 5.42. The predicted octanol–water partition coefficient (Wildman–Crippen LogP) is 2.09. The second kappa shape index (κ2) is 7.25. The van der Waals surface area contributed by atoms with Crippen LogP contribution in [0.1, 0.15) is 0 Å². The second-order valence-electron chi connectivity index (χ2n) is 5.42. The monoisotopic (exact) mass is 333 g/mol. The summed E-state index contributed by atoms with van der Waals surface area (Å²) in [6, 6.07) is 8.92. The number of anilines is 1. The number of aromatic nitrogens is 1. The summed E-state index contributed by atoms with van der Waals surface area (Å²) in [5.74, 6) is -1.10. The van der Waals surface area contributed by atoms with Gasteiger partial charge in [-0.15, -0.1) is 0 Å². The highest BCUT2D eigenvalue weighted by Gasteiger charge is 2.22. The van der Waals surface area contributed by atoms with Crippen molar-refractivity contribution >= 4 is 11.7 Å². The Bertz CT molecular complexity index is 704. The van der Waals surface area contributed by atoms with Crippen LogP contribution in [0.4, 0.5) is 14.6 Å². The van der Waals surface area contributed by atoms with Gasteiger partial charge >= 0.3 is 0 Å². The molecule has 0 N–H and O–H groups in total. The van der Waals surface area contributed by atoms with Crippen molar-refractivity contribution in [2.24, 2.45) is 0 Å². The molecule has 126 valence electrons. The number of rotatable bonds is 4. The molecule has 2 aromatic rings. The summed E-state index contributed by atoms with van der Waals surface area (Å²) >= 11 is 0. The maximum absolute atomic E-state index is 13.1. The number of amides is 1. The molecule has 7 heteroatoms. The number of ether oxygens (including phenoxy) is 1.